The first-order chi connectivity index (χ1) is 16.8. The number of hydrogen-bond donors (Lipinski definition) is 2. The first kappa shape index (κ1) is 30.9. The summed E-state index contributed by atoms with van der Waals surface area (Å²) in [6.07, 6.45) is 1.12. The SMILES string of the molecule is CCCCN(C(=O)C(CC(C)C)NC(=O)OC(C)(C)C)C(C(=O)NCC(=O)OC)c1cccc(C)c1. The van der Waals surface area contributed by atoms with Crippen molar-refractivity contribution in [1.29, 1.82) is 0 Å². The molecule has 0 spiro atoms. The maximum atomic E-state index is 14.0. The zero-order valence-electron chi connectivity index (χ0n) is 23.0. The number of unbranched alkanes of at least 4 members (excludes halogenated alkanes) is 1. The summed E-state index contributed by atoms with van der Waals surface area (Å²) >= 11 is 0. The minimum Gasteiger partial charge on any atom is -0.468 e. The van der Waals surface area contributed by atoms with Crippen LogP contribution in [0.1, 0.15) is 78.0 Å². The van der Waals surface area contributed by atoms with Crippen molar-refractivity contribution in [3.8, 4) is 0 Å². The van der Waals surface area contributed by atoms with E-state index in [-0.39, 0.29) is 18.4 Å². The molecule has 9 nitrogen and oxygen atoms in total. The summed E-state index contributed by atoms with van der Waals surface area (Å²) in [5.74, 6) is -1.40. The summed E-state index contributed by atoms with van der Waals surface area (Å²) in [6, 6.07) is 5.45. The van der Waals surface area contributed by atoms with Gasteiger partial charge in [-0.2, -0.15) is 0 Å². The molecule has 9 heteroatoms. The summed E-state index contributed by atoms with van der Waals surface area (Å²) in [7, 11) is 1.24. The fourth-order valence-electron chi connectivity index (χ4n) is 3.68. The number of ether oxygens (including phenoxy) is 2. The molecule has 202 valence electrons. The number of alkyl carbamates (subject to hydrolysis) is 1. The second-order valence-corrected chi connectivity index (χ2v) is 10.3. The van der Waals surface area contributed by atoms with Crippen LogP contribution in [0.2, 0.25) is 0 Å². The normalized spacial score (nSPS) is 12.9. The van der Waals surface area contributed by atoms with Gasteiger partial charge >= 0.3 is 12.1 Å². The smallest absolute Gasteiger partial charge is 0.408 e. The molecule has 0 aliphatic rings. The average molecular weight is 506 g/mol. The predicted molar refractivity (Wildman–Crippen MR) is 138 cm³/mol. The van der Waals surface area contributed by atoms with Gasteiger partial charge in [-0.3, -0.25) is 14.4 Å². The van der Waals surface area contributed by atoms with E-state index in [4.69, 9.17) is 4.74 Å². The Hall–Kier alpha value is -3.10. The van der Waals surface area contributed by atoms with Crippen molar-refractivity contribution in [3.63, 3.8) is 0 Å². The van der Waals surface area contributed by atoms with E-state index in [1.807, 2.05) is 45.9 Å². The van der Waals surface area contributed by atoms with Crippen molar-refractivity contribution < 1.29 is 28.7 Å². The van der Waals surface area contributed by atoms with Crippen LogP contribution in [0, 0.1) is 12.8 Å². The second kappa shape index (κ2) is 14.5. The van der Waals surface area contributed by atoms with Crippen LogP contribution in [0.15, 0.2) is 24.3 Å². The molecule has 0 aliphatic carbocycles. The molecule has 2 N–H and O–H groups in total. The number of hydrogen-bond acceptors (Lipinski definition) is 6. The lowest BCUT2D eigenvalue weighted by Gasteiger charge is -2.35. The van der Waals surface area contributed by atoms with E-state index in [1.54, 1.807) is 26.8 Å². The number of nitrogens with one attached hydrogen (secondary N) is 2. The van der Waals surface area contributed by atoms with Gasteiger partial charge in [0.05, 0.1) is 7.11 Å². The van der Waals surface area contributed by atoms with Gasteiger partial charge in [-0.25, -0.2) is 4.79 Å². The van der Waals surface area contributed by atoms with Gasteiger partial charge in [0.2, 0.25) is 11.8 Å². The third-order valence-corrected chi connectivity index (χ3v) is 5.28. The van der Waals surface area contributed by atoms with Gasteiger partial charge in [-0.15, -0.1) is 0 Å². The number of amides is 3. The molecule has 0 saturated carbocycles. The van der Waals surface area contributed by atoms with Gasteiger partial charge in [0.15, 0.2) is 0 Å². The first-order valence-corrected chi connectivity index (χ1v) is 12.5. The molecule has 0 aromatic heterocycles. The standard InChI is InChI=1S/C27H43N3O6/c1-9-10-14-30(25(33)21(15-18(2)3)29-26(34)36-27(5,6)7)23(20-13-11-12-19(4)16-20)24(32)28-17-22(31)35-8/h11-13,16,18,21,23H,9-10,14-15,17H2,1-8H3,(H,28,32)(H,29,34). The molecular weight excluding hydrogens is 462 g/mol. The maximum absolute atomic E-state index is 14.0. The Morgan fingerprint density at radius 2 is 1.78 bits per heavy atom. The Balaban J connectivity index is 3.45. The summed E-state index contributed by atoms with van der Waals surface area (Å²) in [5, 5.41) is 5.31. The van der Waals surface area contributed by atoms with E-state index in [1.165, 1.54) is 12.0 Å². The highest BCUT2D eigenvalue weighted by Crippen LogP contribution is 2.25. The Morgan fingerprint density at radius 3 is 2.31 bits per heavy atom. The zero-order valence-corrected chi connectivity index (χ0v) is 23.0. The van der Waals surface area contributed by atoms with Crippen LogP contribution >= 0.6 is 0 Å². The average Bonchev–Trinajstić information content (AvgIpc) is 2.77. The lowest BCUT2D eigenvalue weighted by Crippen LogP contribution is -2.54. The molecule has 0 heterocycles. The summed E-state index contributed by atoms with van der Waals surface area (Å²) in [6.45, 7) is 13.0. The van der Waals surface area contributed by atoms with E-state index >= 15 is 0 Å². The Bertz CT molecular complexity index is 894. The van der Waals surface area contributed by atoms with Gasteiger partial charge in [0.25, 0.3) is 0 Å². The summed E-state index contributed by atoms with van der Waals surface area (Å²) in [5.41, 5.74) is 0.809. The van der Waals surface area contributed by atoms with Gasteiger partial charge in [-0.1, -0.05) is 57.0 Å². The number of nitrogens with zero attached hydrogens (tertiary/aromatic N) is 1. The molecule has 2 unspecified atom stereocenters. The highest BCUT2D eigenvalue weighted by atomic mass is 16.6. The van der Waals surface area contributed by atoms with E-state index in [0.29, 0.717) is 24.9 Å². The molecule has 0 aliphatic heterocycles. The fourth-order valence-corrected chi connectivity index (χ4v) is 3.68. The molecule has 3 amide bonds. The minimum absolute atomic E-state index is 0.0903. The van der Waals surface area contributed by atoms with Crippen molar-refractivity contribution in [2.24, 2.45) is 5.92 Å². The molecule has 0 fully saturated rings. The van der Waals surface area contributed by atoms with Gasteiger partial charge in [0, 0.05) is 6.54 Å². The summed E-state index contributed by atoms with van der Waals surface area (Å²) in [4.78, 5) is 53.2. The lowest BCUT2D eigenvalue weighted by molar-refractivity contribution is -0.145. The molecule has 0 bridgehead atoms. The Kier molecular flexibility index (Phi) is 12.4. The van der Waals surface area contributed by atoms with Crippen LogP contribution in [0.25, 0.3) is 0 Å². The molecule has 1 aromatic rings. The van der Waals surface area contributed by atoms with Gasteiger partial charge in [-0.05, 0) is 52.0 Å². The van der Waals surface area contributed by atoms with Crippen LogP contribution in [0.4, 0.5) is 4.79 Å². The van der Waals surface area contributed by atoms with Crippen molar-refractivity contribution >= 4 is 23.9 Å². The van der Waals surface area contributed by atoms with E-state index < -0.39 is 35.7 Å². The monoisotopic (exact) mass is 505 g/mol. The van der Waals surface area contributed by atoms with Gasteiger partial charge < -0.3 is 25.0 Å². The van der Waals surface area contributed by atoms with Crippen LogP contribution in [0.3, 0.4) is 0 Å². The molecule has 1 aromatic carbocycles. The van der Waals surface area contributed by atoms with Crippen LogP contribution < -0.4 is 10.6 Å². The van der Waals surface area contributed by atoms with Crippen molar-refractivity contribution in [2.45, 2.75) is 85.4 Å². The lowest BCUT2D eigenvalue weighted by atomic mass is 9.98. The van der Waals surface area contributed by atoms with E-state index in [9.17, 15) is 19.2 Å². The molecule has 0 radical (unpaired) electrons. The topological polar surface area (TPSA) is 114 Å². The molecule has 2 atom stereocenters. The van der Waals surface area contributed by atoms with E-state index in [0.717, 1.165) is 12.0 Å². The number of aryl methyl sites for hydroxylation is 1. The quantitative estimate of drug-likeness (QED) is 0.417. The number of rotatable bonds is 12. The Morgan fingerprint density at radius 1 is 1.11 bits per heavy atom. The van der Waals surface area contributed by atoms with Gasteiger partial charge in [0.1, 0.15) is 24.2 Å². The van der Waals surface area contributed by atoms with Crippen LogP contribution in [0.5, 0.6) is 0 Å². The highest BCUT2D eigenvalue weighted by Gasteiger charge is 2.36. The van der Waals surface area contributed by atoms with Crippen molar-refractivity contribution in [3.05, 3.63) is 35.4 Å². The number of carbonyl (C=O) groups excluding carboxylic acids is 4. The number of carbonyl (C=O) groups is 4. The summed E-state index contributed by atoms with van der Waals surface area (Å²) < 4.78 is 10.0. The first-order valence-electron chi connectivity index (χ1n) is 12.5. The maximum Gasteiger partial charge on any atom is 0.408 e. The van der Waals surface area contributed by atoms with Crippen molar-refractivity contribution in [2.75, 3.05) is 20.2 Å². The van der Waals surface area contributed by atoms with Crippen LogP contribution in [-0.2, 0) is 23.9 Å². The molecule has 1 rings (SSSR count). The third-order valence-electron chi connectivity index (χ3n) is 5.28. The Labute approximate surface area is 215 Å². The number of methoxy groups -OCH3 is 1. The van der Waals surface area contributed by atoms with Crippen LogP contribution in [-0.4, -0.2) is 60.6 Å². The molecule has 36 heavy (non-hydrogen) atoms. The highest BCUT2D eigenvalue weighted by molar-refractivity contribution is 5.93. The van der Waals surface area contributed by atoms with Crippen molar-refractivity contribution in [1.82, 2.24) is 15.5 Å². The minimum atomic E-state index is -0.997. The third kappa shape index (κ3) is 10.7. The largest absolute Gasteiger partial charge is 0.468 e. The fraction of sp³-hybridized carbons (Fsp3) is 0.630. The second-order valence-electron chi connectivity index (χ2n) is 10.3. The molecular formula is C27H43N3O6. The number of esters is 1. The predicted octanol–water partition coefficient (Wildman–Crippen LogP) is 3.89. The van der Waals surface area contributed by atoms with E-state index in [2.05, 4.69) is 15.4 Å². The molecule has 0 saturated heterocycles. The number of benzene rings is 1. The zero-order chi connectivity index (χ0) is 27.5.